The Labute approximate surface area is 166 Å². The van der Waals surface area contributed by atoms with Crippen molar-refractivity contribution in [3.63, 3.8) is 0 Å². The van der Waals surface area contributed by atoms with Gasteiger partial charge in [-0.05, 0) is 92.7 Å². The van der Waals surface area contributed by atoms with Gasteiger partial charge in [-0.2, -0.15) is 0 Å². The third-order valence-electron chi connectivity index (χ3n) is 6.31. The number of allylic oxidation sites excluding steroid dienone is 1. The minimum atomic E-state index is -5.13. The molecule has 3 rings (SSSR count). The Morgan fingerprint density at radius 1 is 0.857 bits per heavy atom. The largest absolute Gasteiger partial charge is 0.573 e. The molecular weight excluding hydrogens is 399 g/mol. The number of benzene rings is 1. The molecule has 1 aromatic rings. The molecule has 2 saturated carbocycles. The molecule has 7 heteroatoms. The number of rotatable bonds is 4. The molecule has 0 spiro atoms. The first-order chi connectivity index (χ1) is 13.3. The zero-order valence-electron chi connectivity index (χ0n) is 15.5. The van der Waals surface area contributed by atoms with Crippen LogP contribution in [0.5, 0.6) is 5.75 Å². The summed E-state index contributed by atoms with van der Waals surface area (Å²) < 4.78 is 68.3. The van der Waals surface area contributed by atoms with Crippen LogP contribution >= 0.6 is 11.6 Å². The molecule has 28 heavy (non-hydrogen) atoms. The predicted molar refractivity (Wildman–Crippen MR) is 98.2 cm³/mol. The minimum Gasteiger partial charge on any atom is -0.399 e. The van der Waals surface area contributed by atoms with Gasteiger partial charge in [-0.25, -0.2) is 8.78 Å². The Kier molecular flexibility index (Phi) is 6.89. The van der Waals surface area contributed by atoms with Gasteiger partial charge in [0.15, 0.2) is 11.6 Å². The van der Waals surface area contributed by atoms with Crippen LogP contribution in [0.25, 0.3) is 0 Å². The van der Waals surface area contributed by atoms with Gasteiger partial charge in [-0.15, -0.1) is 13.2 Å². The van der Waals surface area contributed by atoms with Crippen LogP contribution in [-0.4, -0.2) is 6.36 Å². The lowest BCUT2D eigenvalue weighted by molar-refractivity contribution is -0.276. The van der Waals surface area contributed by atoms with Gasteiger partial charge in [0.1, 0.15) is 0 Å². The monoisotopic (exact) mass is 422 g/mol. The summed E-state index contributed by atoms with van der Waals surface area (Å²) in [6.07, 6.45) is 5.13. The molecule has 1 nitrogen and oxygen atoms in total. The molecule has 1 aromatic carbocycles. The van der Waals surface area contributed by atoms with E-state index in [1.54, 1.807) is 5.54 Å². The quantitative estimate of drug-likeness (QED) is 0.452. The Morgan fingerprint density at radius 2 is 1.36 bits per heavy atom. The molecule has 0 N–H and O–H groups in total. The van der Waals surface area contributed by atoms with Crippen LogP contribution in [0, 0.1) is 29.4 Å². The van der Waals surface area contributed by atoms with Gasteiger partial charge in [0.05, 0.1) is 0 Å². The van der Waals surface area contributed by atoms with E-state index in [9.17, 15) is 22.0 Å². The number of hydrogen-bond donors (Lipinski definition) is 0. The lowest BCUT2D eigenvalue weighted by atomic mass is 9.68. The van der Waals surface area contributed by atoms with Crippen molar-refractivity contribution in [1.29, 1.82) is 0 Å². The van der Waals surface area contributed by atoms with E-state index in [2.05, 4.69) is 10.8 Å². The highest BCUT2D eigenvalue weighted by molar-refractivity contribution is 6.25. The van der Waals surface area contributed by atoms with E-state index >= 15 is 0 Å². The molecule has 0 heterocycles. The van der Waals surface area contributed by atoms with Crippen molar-refractivity contribution < 1.29 is 26.7 Å². The summed E-state index contributed by atoms with van der Waals surface area (Å²) in [5.41, 5.74) is 2.01. The number of alkyl halides is 3. The average molecular weight is 423 g/mol. The highest BCUT2D eigenvalue weighted by Gasteiger charge is 2.35. The van der Waals surface area contributed by atoms with Crippen molar-refractivity contribution >= 4 is 11.6 Å². The van der Waals surface area contributed by atoms with Crippen LogP contribution in [0.2, 0.25) is 0 Å². The van der Waals surface area contributed by atoms with Crippen molar-refractivity contribution in [3.05, 3.63) is 40.9 Å². The summed E-state index contributed by atoms with van der Waals surface area (Å²) >= 11 is 5.66. The van der Waals surface area contributed by atoms with Crippen LogP contribution in [-0.2, 0) is 0 Å². The highest BCUT2D eigenvalue weighted by Crippen LogP contribution is 2.45. The highest BCUT2D eigenvalue weighted by atomic mass is 35.5. The van der Waals surface area contributed by atoms with E-state index in [1.165, 1.54) is 12.8 Å². The standard InChI is InChI=1S/C21H24ClF5O/c22-10-9-13-1-3-14(4-2-13)15-5-7-16(8-6-15)17-11-18(23)20(19(24)12-17)28-21(25,26)27/h9-16H,1-8H2/b10-9+. The second kappa shape index (κ2) is 9.02. The maximum Gasteiger partial charge on any atom is 0.573 e. The van der Waals surface area contributed by atoms with Crippen LogP contribution in [0.3, 0.4) is 0 Å². The second-order valence-electron chi connectivity index (χ2n) is 7.97. The molecule has 0 aliphatic heterocycles. The molecule has 0 unspecified atom stereocenters. The van der Waals surface area contributed by atoms with E-state index in [4.69, 9.17) is 11.6 Å². The summed E-state index contributed by atoms with van der Waals surface area (Å²) in [7, 11) is 0. The number of ether oxygens (including phenoxy) is 1. The van der Waals surface area contributed by atoms with Gasteiger partial charge < -0.3 is 4.74 Å². The molecule has 0 bridgehead atoms. The zero-order valence-corrected chi connectivity index (χ0v) is 16.2. The van der Waals surface area contributed by atoms with Crippen molar-refractivity contribution in [2.24, 2.45) is 17.8 Å². The van der Waals surface area contributed by atoms with Gasteiger partial charge in [0.2, 0.25) is 5.75 Å². The molecule has 2 fully saturated rings. The summed E-state index contributed by atoms with van der Waals surface area (Å²) in [4.78, 5) is 0. The normalized spacial score (nSPS) is 29.2. The Morgan fingerprint density at radius 3 is 1.82 bits per heavy atom. The minimum absolute atomic E-state index is 0.0318. The Bertz CT molecular complexity index is 664. The Balaban J connectivity index is 1.58. The van der Waals surface area contributed by atoms with Crippen LogP contribution in [0.1, 0.15) is 62.8 Å². The predicted octanol–water partition coefficient (Wildman–Crippen LogP) is 7.70. The van der Waals surface area contributed by atoms with Gasteiger partial charge in [-0.1, -0.05) is 17.7 Å². The topological polar surface area (TPSA) is 9.23 Å². The fraction of sp³-hybridized carbons (Fsp3) is 0.619. The van der Waals surface area contributed by atoms with Gasteiger partial charge in [-0.3, -0.25) is 0 Å². The number of hydrogen-bond acceptors (Lipinski definition) is 1. The fourth-order valence-corrected chi connectivity index (χ4v) is 5.07. The van der Waals surface area contributed by atoms with Crippen molar-refractivity contribution in [1.82, 2.24) is 0 Å². The van der Waals surface area contributed by atoms with Gasteiger partial charge >= 0.3 is 6.36 Å². The molecule has 156 valence electrons. The summed E-state index contributed by atoms with van der Waals surface area (Å²) in [6, 6.07) is 1.97. The van der Waals surface area contributed by atoms with E-state index < -0.39 is 23.7 Å². The molecule has 2 aliphatic carbocycles. The molecule has 0 saturated heterocycles. The SMILES string of the molecule is Fc1cc(C2CCC(C3CCC(/C=C/Cl)CC3)CC2)cc(F)c1OC(F)(F)F. The summed E-state index contributed by atoms with van der Waals surface area (Å²) in [6.45, 7) is 0. The lowest BCUT2D eigenvalue weighted by Crippen LogP contribution is -2.25. The van der Waals surface area contributed by atoms with Crippen LogP contribution in [0.15, 0.2) is 23.7 Å². The Hall–Kier alpha value is -1.30. The van der Waals surface area contributed by atoms with Crippen LogP contribution in [0.4, 0.5) is 22.0 Å². The fourth-order valence-electron chi connectivity index (χ4n) is 4.86. The van der Waals surface area contributed by atoms with Crippen molar-refractivity contribution in [2.75, 3.05) is 0 Å². The molecule has 0 amide bonds. The molecule has 0 aromatic heterocycles. The van der Waals surface area contributed by atoms with E-state index in [1.807, 2.05) is 0 Å². The third kappa shape index (κ3) is 5.40. The zero-order chi connectivity index (χ0) is 20.3. The smallest absolute Gasteiger partial charge is 0.399 e. The molecule has 0 atom stereocenters. The summed E-state index contributed by atoms with van der Waals surface area (Å²) in [5, 5.41) is 0. The maximum absolute atomic E-state index is 14.0. The average Bonchev–Trinajstić information content (AvgIpc) is 2.65. The summed E-state index contributed by atoms with van der Waals surface area (Å²) in [5.74, 6) is -2.17. The molecule has 2 aliphatic rings. The van der Waals surface area contributed by atoms with E-state index in [0.717, 1.165) is 50.7 Å². The van der Waals surface area contributed by atoms with Gasteiger partial charge in [0.25, 0.3) is 0 Å². The van der Waals surface area contributed by atoms with E-state index in [0.29, 0.717) is 23.3 Å². The first kappa shape index (κ1) is 21.4. The third-order valence-corrected chi connectivity index (χ3v) is 6.46. The van der Waals surface area contributed by atoms with Crippen molar-refractivity contribution in [3.8, 4) is 5.75 Å². The van der Waals surface area contributed by atoms with E-state index in [-0.39, 0.29) is 5.92 Å². The first-order valence-electron chi connectivity index (χ1n) is 9.78. The van der Waals surface area contributed by atoms with Crippen LogP contribution < -0.4 is 4.74 Å². The molecular formula is C21H24ClF5O. The lowest BCUT2D eigenvalue weighted by Gasteiger charge is -2.37. The van der Waals surface area contributed by atoms with Crippen molar-refractivity contribution in [2.45, 2.75) is 63.6 Å². The molecule has 0 radical (unpaired) electrons. The van der Waals surface area contributed by atoms with Gasteiger partial charge in [0, 0.05) is 5.54 Å². The first-order valence-corrected chi connectivity index (χ1v) is 10.2. The number of halogens is 6. The maximum atomic E-state index is 14.0. The second-order valence-corrected chi connectivity index (χ2v) is 8.22.